The van der Waals surface area contributed by atoms with Crippen molar-refractivity contribution < 1.29 is 4.79 Å². The van der Waals surface area contributed by atoms with E-state index < -0.39 is 5.41 Å². The SMILES string of the molecule is CN1CCC(CN(C)C(=O)C2(C#N)CCCCCC2)C1. The first-order valence-electron chi connectivity index (χ1n) is 7.93. The fourth-order valence-electron chi connectivity index (χ4n) is 3.72. The predicted molar refractivity (Wildman–Crippen MR) is 79.0 cm³/mol. The van der Waals surface area contributed by atoms with E-state index >= 15 is 0 Å². The zero-order chi connectivity index (χ0) is 14.6. The van der Waals surface area contributed by atoms with E-state index in [1.807, 2.05) is 11.9 Å². The van der Waals surface area contributed by atoms with Crippen LogP contribution in [0.5, 0.6) is 0 Å². The lowest BCUT2D eigenvalue weighted by Crippen LogP contribution is -2.43. The van der Waals surface area contributed by atoms with Gasteiger partial charge in [0.15, 0.2) is 0 Å². The molecule has 0 aromatic rings. The molecule has 4 nitrogen and oxygen atoms in total. The average Bonchev–Trinajstić information content (AvgIpc) is 2.71. The molecule has 1 aliphatic heterocycles. The number of carbonyl (C=O) groups excluding carboxylic acids is 1. The second-order valence-corrected chi connectivity index (χ2v) is 6.71. The van der Waals surface area contributed by atoms with Gasteiger partial charge in [0, 0.05) is 20.1 Å². The monoisotopic (exact) mass is 277 g/mol. The van der Waals surface area contributed by atoms with Gasteiger partial charge < -0.3 is 9.80 Å². The van der Waals surface area contributed by atoms with Crippen molar-refractivity contribution in [3.63, 3.8) is 0 Å². The van der Waals surface area contributed by atoms with Crippen LogP contribution in [0.3, 0.4) is 0 Å². The fraction of sp³-hybridized carbons (Fsp3) is 0.875. The number of likely N-dealkylation sites (tertiary alicyclic amines) is 1. The van der Waals surface area contributed by atoms with Gasteiger partial charge >= 0.3 is 0 Å². The highest BCUT2D eigenvalue weighted by atomic mass is 16.2. The summed E-state index contributed by atoms with van der Waals surface area (Å²) in [6.45, 7) is 2.99. The number of rotatable bonds is 3. The topological polar surface area (TPSA) is 47.3 Å². The van der Waals surface area contributed by atoms with Gasteiger partial charge in [-0.3, -0.25) is 4.79 Å². The van der Waals surface area contributed by atoms with Gasteiger partial charge in [0.1, 0.15) is 5.41 Å². The Bertz CT molecular complexity index is 380. The third-order valence-electron chi connectivity index (χ3n) is 4.95. The Morgan fingerprint density at radius 1 is 1.35 bits per heavy atom. The first kappa shape index (κ1) is 15.3. The Kier molecular flexibility index (Phi) is 5.04. The summed E-state index contributed by atoms with van der Waals surface area (Å²) in [5, 5.41) is 9.58. The van der Waals surface area contributed by atoms with Crippen LogP contribution in [-0.2, 0) is 4.79 Å². The van der Waals surface area contributed by atoms with Gasteiger partial charge in [0.25, 0.3) is 0 Å². The molecule has 112 valence electrons. The van der Waals surface area contributed by atoms with Crippen LogP contribution in [0.2, 0.25) is 0 Å². The minimum atomic E-state index is -0.740. The molecule has 0 aromatic carbocycles. The Hall–Kier alpha value is -1.08. The zero-order valence-electron chi connectivity index (χ0n) is 12.9. The molecule has 1 heterocycles. The predicted octanol–water partition coefficient (Wildman–Crippen LogP) is 2.26. The van der Waals surface area contributed by atoms with Crippen molar-refractivity contribution in [2.45, 2.75) is 44.9 Å². The summed E-state index contributed by atoms with van der Waals surface area (Å²) in [4.78, 5) is 16.9. The third-order valence-corrected chi connectivity index (χ3v) is 4.95. The summed E-state index contributed by atoms with van der Waals surface area (Å²) in [6, 6.07) is 2.37. The van der Waals surface area contributed by atoms with E-state index in [0.29, 0.717) is 5.92 Å². The molecule has 1 saturated heterocycles. The van der Waals surface area contributed by atoms with E-state index in [0.717, 1.165) is 64.6 Å². The highest BCUT2D eigenvalue weighted by Gasteiger charge is 2.41. The first-order chi connectivity index (χ1) is 9.57. The highest BCUT2D eigenvalue weighted by molar-refractivity contribution is 5.85. The Labute approximate surface area is 122 Å². The standard InChI is InChI=1S/C16H27N3O/c1-18-10-7-14(11-18)12-19(2)15(20)16(13-17)8-5-3-4-6-9-16/h14H,3-12H2,1-2H3. The average molecular weight is 277 g/mol. The van der Waals surface area contributed by atoms with E-state index in [-0.39, 0.29) is 5.91 Å². The molecule has 2 aliphatic rings. The van der Waals surface area contributed by atoms with Crippen LogP contribution in [0.4, 0.5) is 0 Å². The van der Waals surface area contributed by atoms with Crippen LogP contribution in [0.15, 0.2) is 0 Å². The molecular formula is C16H27N3O. The maximum atomic E-state index is 12.8. The molecule has 1 aliphatic carbocycles. The Balaban J connectivity index is 1.98. The van der Waals surface area contributed by atoms with Gasteiger partial charge in [-0.1, -0.05) is 25.7 Å². The molecule has 0 aromatic heterocycles. The lowest BCUT2D eigenvalue weighted by Gasteiger charge is -2.30. The summed E-state index contributed by atoms with van der Waals surface area (Å²) < 4.78 is 0. The van der Waals surface area contributed by atoms with Crippen molar-refractivity contribution in [2.24, 2.45) is 11.3 Å². The molecule has 1 saturated carbocycles. The molecule has 20 heavy (non-hydrogen) atoms. The van der Waals surface area contributed by atoms with Crippen LogP contribution in [0.1, 0.15) is 44.9 Å². The molecule has 0 N–H and O–H groups in total. The van der Waals surface area contributed by atoms with Crippen LogP contribution >= 0.6 is 0 Å². The second kappa shape index (κ2) is 6.58. The molecule has 0 bridgehead atoms. The maximum Gasteiger partial charge on any atom is 0.242 e. The van der Waals surface area contributed by atoms with Gasteiger partial charge in [0.2, 0.25) is 5.91 Å². The molecule has 4 heteroatoms. The third kappa shape index (κ3) is 3.32. The second-order valence-electron chi connectivity index (χ2n) is 6.71. The van der Waals surface area contributed by atoms with Gasteiger partial charge in [-0.15, -0.1) is 0 Å². The molecule has 2 rings (SSSR count). The van der Waals surface area contributed by atoms with Gasteiger partial charge in [-0.05, 0) is 38.8 Å². The molecule has 1 unspecified atom stereocenters. The minimum Gasteiger partial charge on any atom is -0.344 e. The quantitative estimate of drug-likeness (QED) is 0.743. The fourth-order valence-corrected chi connectivity index (χ4v) is 3.72. The normalized spacial score (nSPS) is 26.8. The number of nitriles is 1. The summed E-state index contributed by atoms with van der Waals surface area (Å²) in [6.07, 6.45) is 7.00. The van der Waals surface area contributed by atoms with Crippen molar-refractivity contribution in [2.75, 3.05) is 33.7 Å². The lowest BCUT2D eigenvalue weighted by atomic mass is 9.80. The van der Waals surface area contributed by atoms with Crippen molar-refractivity contribution >= 4 is 5.91 Å². The number of hydrogen-bond acceptors (Lipinski definition) is 3. The number of carbonyl (C=O) groups is 1. The van der Waals surface area contributed by atoms with E-state index in [1.165, 1.54) is 0 Å². The summed E-state index contributed by atoms with van der Waals surface area (Å²) in [5.41, 5.74) is -0.740. The van der Waals surface area contributed by atoms with Crippen molar-refractivity contribution in [1.82, 2.24) is 9.80 Å². The summed E-state index contributed by atoms with van der Waals surface area (Å²) >= 11 is 0. The molecule has 1 atom stereocenters. The molecule has 0 spiro atoms. The number of amides is 1. The smallest absolute Gasteiger partial charge is 0.242 e. The van der Waals surface area contributed by atoms with Crippen LogP contribution < -0.4 is 0 Å². The minimum absolute atomic E-state index is 0.0662. The molecule has 2 fully saturated rings. The van der Waals surface area contributed by atoms with E-state index in [4.69, 9.17) is 0 Å². The lowest BCUT2D eigenvalue weighted by molar-refractivity contribution is -0.138. The summed E-state index contributed by atoms with van der Waals surface area (Å²) in [5.74, 6) is 0.631. The van der Waals surface area contributed by atoms with E-state index in [2.05, 4.69) is 18.0 Å². The van der Waals surface area contributed by atoms with Gasteiger partial charge in [-0.25, -0.2) is 0 Å². The first-order valence-corrected chi connectivity index (χ1v) is 7.93. The zero-order valence-corrected chi connectivity index (χ0v) is 12.9. The van der Waals surface area contributed by atoms with E-state index in [1.54, 1.807) is 0 Å². The van der Waals surface area contributed by atoms with Crippen molar-refractivity contribution in [1.29, 1.82) is 5.26 Å². The Morgan fingerprint density at radius 2 is 2.00 bits per heavy atom. The van der Waals surface area contributed by atoms with Gasteiger partial charge in [-0.2, -0.15) is 5.26 Å². The van der Waals surface area contributed by atoms with Crippen LogP contribution in [-0.4, -0.2) is 49.4 Å². The molecular weight excluding hydrogens is 250 g/mol. The summed E-state index contributed by atoms with van der Waals surface area (Å²) in [7, 11) is 4.01. The van der Waals surface area contributed by atoms with E-state index in [9.17, 15) is 10.1 Å². The van der Waals surface area contributed by atoms with Crippen LogP contribution in [0, 0.1) is 22.7 Å². The Morgan fingerprint density at radius 3 is 2.50 bits per heavy atom. The molecule has 0 radical (unpaired) electrons. The highest BCUT2D eigenvalue weighted by Crippen LogP contribution is 2.36. The van der Waals surface area contributed by atoms with Crippen molar-refractivity contribution in [3.8, 4) is 6.07 Å². The van der Waals surface area contributed by atoms with Crippen LogP contribution in [0.25, 0.3) is 0 Å². The number of hydrogen-bond donors (Lipinski definition) is 0. The maximum absolute atomic E-state index is 12.8. The van der Waals surface area contributed by atoms with Crippen molar-refractivity contribution in [3.05, 3.63) is 0 Å². The largest absolute Gasteiger partial charge is 0.344 e. The molecule has 1 amide bonds. The number of nitrogens with zero attached hydrogens (tertiary/aromatic N) is 3. The van der Waals surface area contributed by atoms with Gasteiger partial charge in [0.05, 0.1) is 6.07 Å².